The van der Waals surface area contributed by atoms with Crippen LogP contribution in [0.4, 0.5) is 5.82 Å². The summed E-state index contributed by atoms with van der Waals surface area (Å²) in [5.74, 6) is 1.73. The number of hydrogen-bond donors (Lipinski definition) is 0. The first-order valence-electron chi connectivity index (χ1n) is 7.91. The van der Waals surface area contributed by atoms with E-state index in [0.717, 1.165) is 33.5 Å². The molecule has 0 bridgehead atoms. The van der Waals surface area contributed by atoms with Crippen LogP contribution in [0.5, 0.6) is 0 Å². The summed E-state index contributed by atoms with van der Waals surface area (Å²) < 4.78 is 0. The zero-order chi connectivity index (χ0) is 17.7. The van der Waals surface area contributed by atoms with Gasteiger partial charge in [0, 0.05) is 50.8 Å². The van der Waals surface area contributed by atoms with Crippen LogP contribution in [0.3, 0.4) is 0 Å². The molecule has 1 aromatic carbocycles. The number of thioether (sulfide) groups is 1. The monoisotopic (exact) mass is 344 g/mol. The Labute approximate surface area is 148 Å². The van der Waals surface area contributed by atoms with E-state index in [9.17, 15) is 4.79 Å². The van der Waals surface area contributed by atoms with Gasteiger partial charge in [0.2, 0.25) is 0 Å². The van der Waals surface area contributed by atoms with Gasteiger partial charge in [0.15, 0.2) is 5.16 Å². The van der Waals surface area contributed by atoms with Crippen LogP contribution in [0.25, 0.3) is 0 Å². The van der Waals surface area contributed by atoms with Crippen LogP contribution in [-0.2, 0) is 5.75 Å². The predicted octanol–water partition coefficient (Wildman–Crippen LogP) is 3.24. The number of aryl methyl sites for hydroxylation is 1. The molecule has 1 heterocycles. The minimum absolute atomic E-state index is 0.0503. The van der Waals surface area contributed by atoms with E-state index in [1.165, 1.54) is 0 Å². The standard InChI is InChI=1S/C18H24N4OS/c1-6-22(5)17(23)15-9-7-14(8-10-15)12-24-18-19-13(2)11-16(20-18)21(3)4/h7-11H,6,12H2,1-5H3. The molecule has 2 aromatic rings. The molecule has 24 heavy (non-hydrogen) atoms. The Bertz CT molecular complexity index is 701. The number of carbonyl (C=O) groups excluding carboxylic acids is 1. The first-order chi connectivity index (χ1) is 11.4. The maximum Gasteiger partial charge on any atom is 0.253 e. The van der Waals surface area contributed by atoms with Crippen molar-refractivity contribution in [2.24, 2.45) is 0 Å². The van der Waals surface area contributed by atoms with Crippen molar-refractivity contribution in [3.8, 4) is 0 Å². The summed E-state index contributed by atoms with van der Waals surface area (Å²) in [7, 11) is 5.75. The minimum Gasteiger partial charge on any atom is -0.363 e. The van der Waals surface area contributed by atoms with Crippen molar-refractivity contribution in [3.05, 3.63) is 47.2 Å². The fourth-order valence-corrected chi connectivity index (χ4v) is 2.93. The van der Waals surface area contributed by atoms with Crippen molar-refractivity contribution >= 4 is 23.5 Å². The summed E-state index contributed by atoms with van der Waals surface area (Å²) in [5.41, 5.74) is 2.82. The minimum atomic E-state index is 0.0503. The molecule has 0 atom stereocenters. The largest absolute Gasteiger partial charge is 0.363 e. The van der Waals surface area contributed by atoms with Gasteiger partial charge in [-0.25, -0.2) is 9.97 Å². The van der Waals surface area contributed by atoms with Crippen LogP contribution in [-0.4, -0.2) is 48.5 Å². The van der Waals surface area contributed by atoms with Crippen molar-refractivity contribution in [1.29, 1.82) is 0 Å². The van der Waals surface area contributed by atoms with E-state index in [1.807, 2.05) is 70.2 Å². The van der Waals surface area contributed by atoms with E-state index in [4.69, 9.17) is 0 Å². The molecule has 1 aromatic heterocycles. The van der Waals surface area contributed by atoms with Gasteiger partial charge in [-0.15, -0.1) is 0 Å². The number of benzene rings is 1. The van der Waals surface area contributed by atoms with Crippen LogP contribution in [0.2, 0.25) is 0 Å². The number of carbonyl (C=O) groups is 1. The van der Waals surface area contributed by atoms with Gasteiger partial charge >= 0.3 is 0 Å². The molecule has 128 valence electrons. The number of anilines is 1. The Morgan fingerprint density at radius 3 is 2.38 bits per heavy atom. The summed E-state index contributed by atoms with van der Waals surface area (Å²) in [6.07, 6.45) is 0. The molecule has 5 nitrogen and oxygen atoms in total. The van der Waals surface area contributed by atoms with E-state index in [0.29, 0.717) is 6.54 Å². The van der Waals surface area contributed by atoms with Crippen LogP contribution in [0.15, 0.2) is 35.5 Å². The second-order valence-corrected chi connectivity index (χ2v) is 6.79. The lowest BCUT2D eigenvalue weighted by molar-refractivity contribution is 0.0802. The van der Waals surface area contributed by atoms with Crippen molar-refractivity contribution < 1.29 is 4.79 Å². The maximum atomic E-state index is 12.1. The normalized spacial score (nSPS) is 10.5. The van der Waals surface area contributed by atoms with E-state index in [2.05, 4.69) is 9.97 Å². The molecule has 1 amide bonds. The van der Waals surface area contributed by atoms with Gasteiger partial charge in [0.25, 0.3) is 5.91 Å². The molecule has 6 heteroatoms. The zero-order valence-corrected chi connectivity index (χ0v) is 15.7. The summed E-state index contributed by atoms with van der Waals surface area (Å²) >= 11 is 1.60. The average molecular weight is 344 g/mol. The van der Waals surface area contributed by atoms with E-state index >= 15 is 0 Å². The summed E-state index contributed by atoms with van der Waals surface area (Å²) in [6.45, 7) is 4.64. The van der Waals surface area contributed by atoms with Gasteiger partial charge in [-0.2, -0.15) is 0 Å². The van der Waals surface area contributed by atoms with Gasteiger partial charge in [0.05, 0.1) is 0 Å². The molecule has 0 aliphatic heterocycles. The molecule has 0 radical (unpaired) electrons. The second-order valence-electron chi connectivity index (χ2n) is 5.85. The molecular formula is C18H24N4OS. The molecule has 2 rings (SSSR count). The number of hydrogen-bond acceptors (Lipinski definition) is 5. The highest BCUT2D eigenvalue weighted by Crippen LogP contribution is 2.22. The quantitative estimate of drug-likeness (QED) is 0.595. The number of aromatic nitrogens is 2. The highest BCUT2D eigenvalue weighted by molar-refractivity contribution is 7.98. The third-order valence-electron chi connectivity index (χ3n) is 3.67. The number of nitrogens with zero attached hydrogens (tertiary/aromatic N) is 4. The number of amides is 1. The number of rotatable bonds is 6. The lowest BCUT2D eigenvalue weighted by Crippen LogP contribution is -2.26. The highest BCUT2D eigenvalue weighted by atomic mass is 32.2. The molecule has 0 aliphatic rings. The SMILES string of the molecule is CCN(C)C(=O)c1ccc(CSc2nc(C)cc(N(C)C)n2)cc1. The van der Waals surface area contributed by atoms with Crippen LogP contribution >= 0.6 is 11.8 Å². The second kappa shape index (κ2) is 8.15. The van der Waals surface area contributed by atoms with Crippen molar-refractivity contribution in [3.63, 3.8) is 0 Å². The Hall–Kier alpha value is -2.08. The average Bonchev–Trinajstić information content (AvgIpc) is 2.58. The van der Waals surface area contributed by atoms with Gasteiger partial charge < -0.3 is 9.80 Å². The molecule has 0 saturated carbocycles. The molecule has 0 fully saturated rings. The van der Waals surface area contributed by atoms with Gasteiger partial charge in [-0.05, 0) is 31.5 Å². The van der Waals surface area contributed by atoms with Gasteiger partial charge in [-0.1, -0.05) is 23.9 Å². The lowest BCUT2D eigenvalue weighted by Gasteiger charge is -2.14. The zero-order valence-electron chi connectivity index (χ0n) is 14.9. The van der Waals surface area contributed by atoms with E-state index in [-0.39, 0.29) is 5.91 Å². The Balaban J connectivity index is 2.04. The van der Waals surface area contributed by atoms with E-state index in [1.54, 1.807) is 16.7 Å². The molecule has 0 saturated heterocycles. The predicted molar refractivity (Wildman–Crippen MR) is 99.7 cm³/mol. The van der Waals surface area contributed by atoms with Crippen molar-refractivity contribution in [2.75, 3.05) is 32.6 Å². The topological polar surface area (TPSA) is 49.3 Å². The fourth-order valence-electron chi connectivity index (χ4n) is 2.07. The Morgan fingerprint density at radius 2 is 1.79 bits per heavy atom. The third kappa shape index (κ3) is 4.71. The van der Waals surface area contributed by atoms with Crippen LogP contribution in [0, 0.1) is 6.92 Å². The Morgan fingerprint density at radius 1 is 1.12 bits per heavy atom. The van der Waals surface area contributed by atoms with Gasteiger partial charge in [0.1, 0.15) is 5.82 Å². The maximum absolute atomic E-state index is 12.1. The molecule has 0 N–H and O–H groups in total. The first-order valence-corrected chi connectivity index (χ1v) is 8.89. The molecule has 0 spiro atoms. The van der Waals surface area contributed by atoms with Gasteiger partial charge in [-0.3, -0.25) is 4.79 Å². The first kappa shape index (κ1) is 18.3. The molecular weight excluding hydrogens is 320 g/mol. The van der Waals surface area contributed by atoms with Crippen LogP contribution < -0.4 is 4.90 Å². The molecule has 0 aliphatic carbocycles. The third-order valence-corrected chi connectivity index (χ3v) is 4.59. The fraction of sp³-hybridized carbons (Fsp3) is 0.389. The highest BCUT2D eigenvalue weighted by Gasteiger charge is 2.10. The van der Waals surface area contributed by atoms with Crippen LogP contribution in [0.1, 0.15) is 28.5 Å². The van der Waals surface area contributed by atoms with Crippen molar-refractivity contribution in [2.45, 2.75) is 24.8 Å². The van der Waals surface area contributed by atoms with E-state index < -0.39 is 0 Å². The van der Waals surface area contributed by atoms with Crippen molar-refractivity contribution in [1.82, 2.24) is 14.9 Å². The Kier molecular flexibility index (Phi) is 6.20. The summed E-state index contributed by atoms with van der Waals surface area (Å²) in [6, 6.07) is 9.72. The summed E-state index contributed by atoms with van der Waals surface area (Å²) in [4.78, 5) is 24.8. The smallest absolute Gasteiger partial charge is 0.253 e. The molecule has 0 unspecified atom stereocenters. The summed E-state index contributed by atoms with van der Waals surface area (Å²) in [5, 5.41) is 0.768. The lowest BCUT2D eigenvalue weighted by atomic mass is 10.1.